The molecule has 0 N–H and O–H groups in total. The lowest BCUT2D eigenvalue weighted by atomic mass is 10.1. The van der Waals surface area contributed by atoms with Gasteiger partial charge in [0.25, 0.3) is 0 Å². The van der Waals surface area contributed by atoms with E-state index in [9.17, 15) is 13.2 Å². The first-order valence-corrected chi connectivity index (χ1v) is 6.26. The standard InChI is InChI=1S/C15H9ClF3NO/c16-12-3-1-2-10(6-12)9-21-13-4-5-14(15(17,18)19)11(7-13)8-20/h1-7H,9H2. The minimum Gasteiger partial charge on any atom is -0.489 e. The number of rotatable bonds is 3. The van der Waals surface area contributed by atoms with E-state index in [4.69, 9.17) is 21.6 Å². The van der Waals surface area contributed by atoms with Crippen LogP contribution in [0.15, 0.2) is 42.5 Å². The number of ether oxygens (including phenoxy) is 1. The summed E-state index contributed by atoms with van der Waals surface area (Å²) in [7, 11) is 0. The van der Waals surface area contributed by atoms with Crippen LogP contribution in [0, 0.1) is 11.3 Å². The molecular weight excluding hydrogens is 303 g/mol. The Morgan fingerprint density at radius 1 is 1.14 bits per heavy atom. The fraction of sp³-hybridized carbons (Fsp3) is 0.133. The van der Waals surface area contributed by atoms with Gasteiger partial charge in [-0.05, 0) is 35.9 Å². The number of nitrogens with zero attached hydrogens (tertiary/aromatic N) is 1. The van der Waals surface area contributed by atoms with E-state index in [2.05, 4.69) is 0 Å². The number of nitriles is 1. The molecule has 0 spiro atoms. The summed E-state index contributed by atoms with van der Waals surface area (Å²) in [5.74, 6) is 0.194. The summed E-state index contributed by atoms with van der Waals surface area (Å²) in [5, 5.41) is 9.35. The largest absolute Gasteiger partial charge is 0.489 e. The number of hydrogen-bond donors (Lipinski definition) is 0. The molecule has 0 atom stereocenters. The number of benzene rings is 2. The molecule has 0 aliphatic carbocycles. The zero-order valence-corrected chi connectivity index (χ0v) is 11.4. The summed E-state index contributed by atoms with van der Waals surface area (Å²) >= 11 is 5.82. The highest BCUT2D eigenvalue weighted by Gasteiger charge is 2.33. The molecule has 2 aromatic rings. The van der Waals surface area contributed by atoms with Crippen molar-refractivity contribution in [2.24, 2.45) is 0 Å². The van der Waals surface area contributed by atoms with Gasteiger partial charge in [0.1, 0.15) is 12.4 Å². The average molecular weight is 312 g/mol. The fourth-order valence-corrected chi connectivity index (χ4v) is 1.96. The topological polar surface area (TPSA) is 33.0 Å². The molecule has 0 saturated carbocycles. The van der Waals surface area contributed by atoms with Crippen molar-refractivity contribution in [1.29, 1.82) is 5.26 Å². The number of hydrogen-bond acceptors (Lipinski definition) is 2. The van der Waals surface area contributed by atoms with Crippen molar-refractivity contribution in [1.82, 2.24) is 0 Å². The maximum atomic E-state index is 12.7. The summed E-state index contributed by atoms with van der Waals surface area (Å²) in [6.07, 6.45) is -4.56. The molecule has 0 saturated heterocycles. The van der Waals surface area contributed by atoms with E-state index >= 15 is 0 Å². The molecule has 6 heteroatoms. The van der Waals surface area contributed by atoms with E-state index in [1.807, 2.05) is 0 Å². The quantitative estimate of drug-likeness (QED) is 0.815. The molecule has 0 aliphatic heterocycles. The monoisotopic (exact) mass is 311 g/mol. The summed E-state index contributed by atoms with van der Waals surface area (Å²) in [6.45, 7) is 0.150. The van der Waals surface area contributed by atoms with E-state index in [0.717, 1.165) is 17.7 Å². The van der Waals surface area contributed by atoms with Gasteiger partial charge in [0.15, 0.2) is 0 Å². The second kappa shape index (κ2) is 6.06. The molecular formula is C15H9ClF3NO. The first-order valence-electron chi connectivity index (χ1n) is 5.89. The Balaban J connectivity index is 2.17. The van der Waals surface area contributed by atoms with E-state index in [1.165, 1.54) is 12.1 Å². The van der Waals surface area contributed by atoms with Gasteiger partial charge in [-0.2, -0.15) is 18.4 Å². The molecule has 2 nitrogen and oxygen atoms in total. The minimum atomic E-state index is -4.56. The smallest absolute Gasteiger partial charge is 0.417 e. The van der Waals surface area contributed by atoms with E-state index in [1.54, 1.807) is 24.3 Å². The molecule has 108 valence electrons. The third-order valence-electron chi connectivity index (χ3n) is 2.71. The molecule has 2 aromatic carbocycles. The summed E-state index contributed by atoms with van der Waals surface area (Å²) in [5.41, 5.74) is -0.660. The predicted molar refractivity (Wildman–Crippen MR) is 71.9 cm³/mol. The molecule has 0 radical (unpaired) electrons. The van der Waals surface area contributed by atoms with Crippen LogP contribution in [0.4, 0.5) is 13.2 Å². The van der Waals surface area contributed by atoms with Crippen LogP contribution in [-0.2, 0) is 12.8 Å². The Kier molecular flexibility index (Phi) is 4.39. The predicted octanol–water partition coefficient (Wildman–Crippen LogP) is 4.81. The first-order chi connectivity index (χ1) is 9.90. The van der Waals surface area contributed by atoms with Crippen LogP contribution in [0.1, 0.15) is 16.7 Å². The molecule has 21 heavy (non-hydrogen) atoms. The van der Waals surface area contributed by atoms with E-state index in [-0.39, 0.29) is 12.4 Å². The van der Waals surface area contributed by atoms with Gasteiger partial charge >= 0.3 is 6.18 Å². The van der Waals surface area contributed by atoms with Crippen LogP contribution in [-0.4, -0.2) is 0 Å². The lowest BCUT2D eigenvalue weighted by Gasteiger charge is -2.11. The van der Waals surface area contributed by atoms with Crippen molar-refractivity contribution >= 4 is 11.6 Å². The fourth-order valence-electron chi connectivity index (χ4n) is 1.75. The third kappa shape index (κ3) is 3.89. The molecule has 0 aliphatic rings. The van der Waals surface area contributed by atoms with Crippen LogP contribution < -0.4 is 4.74 Å². The maximum Gasteiger partial charge on any atom is 0.417 e. The Morgan fingerprint density at radius 2 is 1.90 bits per heavy atom. The highest BCUT2D eigenvalue weighted by molar-refractivity contribution is 6.30. The highest BCUT2D eigenvalue weighted by atomic mass is 35.5. The van der Waals surface area contributed by atoms with Crippen LogP contribution in [0.5, 0.6) is 5.75 Å². The first kappa shape index (κ1) is 15.2. The van der Waals surface area contributed by atoms with Crippen LogP contribution in [0.2, 0.25) is 5.02 Å². The number of alkyl halides is 3. The molecule has 0 bridgehead atoms. The van der Waals surface area contributed by atoms with Crippen molar-refractivity contribution in [2.75, 3.05) is 0 Å². The average Bonchev–Trinajstić information content (AvgIpc) is 2.44. The van der Waals surface area contributed by atoms with Gasteiger partial charge in [-0.3, -0.25) is 0 Å². The molecule has 0 amide bonds. The van der Waals surface area contributed by atoms with Crippen molar-refractivity contribution in [3.8, 4) is 11.8 Å². The second-order valence-electron chi connectivity index (χ2n) is 4.24. The molecule has 0 aromatic heterocycles. The maximum absolute atomic E-state index is 12.7. The van der Waals surface area contributed by atoms with Gasteiger partial charge in [0.2, 0.25) is 0 Å². The van der Waals surface area contributed by atoms with Gasteiger partial charge in [-0.15, -0.1) is 0 Å². The van der Waals surface area contributed by atoms with Gasteiger partial charge in [0.05, 0.1) is 17.2 Å². The molecule has 0 unspecified atom stereocenters. The third-order valence-corrected chi connectivity index (χ3v) is 2.95. The SMILES string of the molecule is N#Cc1cc(OCc2cccc(Cl)c2)ccc1C(F)(F)F. The number of halogens is 4. The Labute approximate surface area is 124 Å². The van der Waals surface area contributed by atoms with Gasteiger partial charge in [-0.1, -0.05) is 23.7 Å². The zero-order chi connectivity index (χ0) is 15.5. The van der Waals surface area contributed by atoms with Crippen molar-refractivity contribution in [3.05, 3.63) is 64.2 Å². The van der Waals surface area contributed by atoms with E-state index in [0.29, 0.717) is 5.02 Å². The van der Waals surface area contributed by atoms with Gasteiger partial charge in [0, 0.05) is 5.02 Å². The van der Waals surface area contributed by atoms with Gasteiger partial charge < -0.3 is 4.74 Å². The van der Waals surface area contributed by atoms with Crippen molar-refractivity contribution in [2.45, 2.75) is 12.8 Å². The van der Waals surface area contributed by atoms with Gasteiger partial charge in [-0.25, -0.2) is 0 Å². The zero-order valence-electron chi connectivity index (χ0n) is 10.6. The van der Waals surface area contributed by atoms with E-state index < -0.39 is 17.3 Å². The van der Waals surface area contributed by atoms with Crippen LogP contribution in [0.3, 0.4) is 0 Å². The normalized spacial score (nSPS) is 11.0. The molecule has 2 rings (SSSR count). The second-order valence-corrected chi connectivity index (χ2v) is 4.67. The summed E-state index contributed by atoms with van der Waals surface area (Å²) < 4.78 is 43.3. The Morgan fingerprint density at radius 3 is 2.52 bits per heavy atom. The highest BCUT2D eigenvalue weighted by Crippen LogP contribution is 2.33. The Hall–Kier alpha value is -2.19. The van der Waals surface area contributed by atoms with Crippen molar-refractivity contribution in [3.63, 3.8) is 0 Å². The Bertz CT molecular complexity index is 692. The molecule has 0 fully saturated rings. The lowest BCUT2D eigenvalue weighted by Crippen LogP contribution is -2.08. The summed E-state index contributed by atoms with van der Waals surface area (Å²) in [6, 6.07) is 11.6. The molecule has 0 heterocycles. The summed E-state index contributed by atoms with van der Waals surface area (Å²) in [4.78, 5) is 0. The van der Waals surface area contributed by atoms with Crippen LogP contribution in [0.25, 0.3) is 0 Å². The van der Waals surface area contributed by atoms with Crippen molar-refractivity contribution < 1.29 is 17.9 Å². The lowest BCUT2D eigenvalue weighted by molar-refractivity contribution is -0.137. The van der Waals surface area contributed by atoms with Crippen LogP contribution >= 0.6 is 11.6 Å². The minimum absolute atomic E-state index is 0.150.